The Bertz CT molecular complexity index is 2330. The molecule has 8 rings (SSSR count). The van der Waals surface area contributed by atoms with Crippen LogP contribution in [0.4, 0.5) is 0 Å². The van der Waals surface area contributed by atoms with Gasteiger partial charge in [-0.2, -0.15) is 0 Å². The van der Waals surface area contributed by atoms with Crippen molar-refractivity contribution in [2.24, 2.45) is 0 Å². The van der Waals surface area contributed by atoms with E-state index >= 15 is 0 Å². The molecule has 0 fully saturated rings. The summed E-state index contributed by atoms with van der Waals surface area (Å²) in [6.07, 6.45) is 10.4. The van der Waals surface area contributed by atoms with Crippen LogP contribution in [0.1, 0.15) is 96.1 Å². The summed E-state index contributed by atoms with van der Waals surface area (Å²) in [5.41, 5.74) is 19.7. The minimum atomic E-state index is -2.80. The summed E-state index contributed by atoms with van der Waals surface area (Å²) < 4.78 is 3.84. The van der Waals surface area contributed by atoms with Crippen LogP contribution in [0.2, 0.25) is 0 Å². The largest absolute Gasteiger partial charge is 1.00 e. The van der Waals surface area contributed by atoms with Gasteiger partial charge >= 0.3 is 346 Å². The summed E-state index contributed by atoms with van der Waals surface area (Å²) in [7, 11) is 0. The maximum atomic E-state index is 2.67. The van der Waals surface area contributed by atoms with E-state index in [-0.39, 0.29) is 35.6 Å². The molecule has 0 aromatic heterocycles. The van der Waals surface area contributed by atoms with Crippen molar-refractivity contribution in [1.29, 1.82) is 0 Å². The summed E-state index contributed by atoms with van der Waals surface area (Å²) in [6.45, 7) is 18.7. The Kier molecular flexibility index (Phi) is 13.4. The van der Waals surface area contributed by atoms with Crippen LogP contribution in [0.5, 0.6) is 0 Å². The van der Waals surface area contributed by atoms with Gasteiger partial charge < -0.3 is 24.8 Å². The van der Waals surface area contributed by atoms with Crippen LogP contribution in [0.25, 0.3) is 33.4 Å². The van der Waals surface area contributed by atoms with Gasteiger partial charge in [-0.1, -0.05) is 0 Å². The van der Waals surface area contributed by atoms with Crippen molar-refractivity contribution in [1.82, 2.24) is 0 Å². The zero-order chi connectivity index (χ0) is 39.2. The van der Waals surface area contributed by atoms with Gasteiger partial charge in [0.05, 0.1) is 0 Å². The minimum absolute atomic E-state index is 0. The van der Waals surface area contributed by atoms with Gasteiger partial charge in [0, 0.05) is 0 Å². The molecule has 0 nitrogen and oxygen atoms in total. The standard InChI is InChI=1S/C35H37.C15H14.C5H5.2ClH.Zr/c1-22-9-13-24(14-10-22)30-18-26-17-27-19-31(25-15-11-23(2)12-16-25)33(35(6,7)8)21-29(27)28(26)20-32(30)34(3,4)5;1-3-8-14(9-4-1)12-7-13-15-10-5-2-6-11-15;1-2-4-5-3-1;;;/h9-21H,1-8H3;1-6,8-11H,12-13H2;1-3H,4H2;2*1H;/q;;;;;+2/p-2. The Hall–Kier alpha value is -3.87. The normalized spacial score (nSPS) is 13.1. The van der Waals surface area contributed by atoms with Gasteiger partial charge in [0.1, 0.15) is 0 Å². The van der Waals surface area contributed by atoms with Crippen molar-refractivity contribution in [3.8, 4) is 33.4 Å². The minimum Gasteiger partial charge on any atom is -1.00 e. The first-order valence-corrected chi connectivity index (χ1v) is 24.4. The molecular formula is C55H56Cl2Zr. The van der Waals surface area contributed by atoms with E-state index in [1.54, 1.807) is 17.6 Å². The van der Waals surface area contributed by atoms with Crippen LogP contribution < -0.4 is 24.8 Å². The fraction of sp³-hybridized carbons (Fsp3) is 0.255. The van der Waals surface area contributed by atoms with Crippen molar-refractivity contribution < 1.29 is 46.1 Å². The third-order valence-electron chi connectivity index (χ3n) is 11.9. The van der Waals surface area contributed by atoms with Gasteiger partial charge in [0.2, 0.25) is 0 Å². The second kappa shape index (κ2) is 17.8. The quantitative estimate of drug-likeness (QED) is 0.144. The van der Waals surface area contributed by atoms with Crippen LogP contribution in [0.15, 0.2) is 155 Å². The van der Waals surface area contributed by atoms with E-state index in [9.17, 15) is 0 Å². The molecule has 6 aromatic rings. The Morgan fingerprint density at radius 3 is 1.31 bits per heavy atom. The van der Waals surface area contributed by atoms with Gasteiger partial charge in [-0.3, -0.25) is 0 Å². The fourth-order valence-corrected chi connectivity index (χ4v) is 18.2. The van der Waals surface area contributed by atoms with E-state index in [0.29, 0.717) is 3.63 Å². The summed E-state index contributed by atoms with van der Waals surface area (Å²) in [4.78, 5) is 0. The van der Waals surface area contributed by atoms with Crippen molar-refractivity contribution >= 4 is 3.21 Å². The van der Waals surface area contributed by atoms with Crippen LogP contribution in [-0.2, 0) is 44.9 Å². The van der Waals surface area contributed by atoms with Crippen molar-refractivity contribution in [2.45, 2.75) is 89.1 Å². The molecule has 58 heavy (non-hydrogen) atoms. The number of hydrogen-bond donors (Lipinski definition) is 0. The maximum Gasteiger partial charge on any atom is -1.00 e. The van der Waals surface area contributed by atoms with Crippen LogP contribution in [0, 0.1) is 13.8 Å². The number of allylic oxidation sites excluding steroid dienone is 4. The molecule has 0 saturated carbocycles. The monoisotopic (exact) mass is 876 g/mol. The summed E-state index contributed by atoms with van der Waals surface area (Å²) >= 11 is -2.80. The Labute approximate surface area is 368 Å². The Morgan fingerprint density at radius 2 is 0.948 bits per heavy atom. The molecule has 0 amide bonds. The van der Waals surface area contributed by atoms with Gasteiger partial charge in [0.25, 0.3) is 0 Å². The van der Waals surface area contributed by atoms with Crippen LogP contribution in [-0.4, -0.2) is 3.21 Å². The van der Waals surface area contributed by atoms with Crippen LogP contribution >= 0.6 is 0 Å². The number of fused-ring (bicyclic) bond motifs is 3. The molecule has 294 valence electrons. The molecule has 0 bridgehead atoms. The SMILES string of the molecule is Cc1ccc(-c2cc3c(cc2C(C)(C)C)-c2cc(C(C)(C)C)c(-c4ccc(C)cc4)cc2[CH]3[Zr+2]([C]2=CC=CC2)=[C](Cc2ccccc2)Cc2ccccc2)cc1.[Cl-].[Cl-]. The number of benzene rings is 6. The zero-order valence-electron chi connectivity index (χ0n) is 35.4. The van der Waals surface area contributed by atoms with Gasteiger partial charge in [-0.15, -0.1) is 0 Å². The summed E-state index contributed by atoms with van der Waals surface area (Å²) in [5.74, 6) is 0. The molecule has 2 aliphatic rings. The number of hydrogen-bond acceptors (Lipinski definition) is 0. The smallest absolute Gasteiger partial charge is 1.00 e. The maximum absolute atomic E-state index is 2.80. The van der Waals surface area contributed by atoms with Gasteiger partial charge in [-0.25, -0.2) is 0 Å². The molecule has 0 aliphatic heterocycles. The molecule has 0 radical (unpaired) electrons. The fourth-order valence-electron chi connectivity index (χ4n) is 9.04. The molecule has 0 unspecified atom stereocenters. The van der Waals surface area contributed by atoms with E-state index in [2.05, 4.69) is 207 Å². The second-order valence-electron chi connectivity index (χ2n) is 18.3. The first-order chi connectivity index (χ1) is 26.8. The van der Waals surface area contributed by atoms with Crippen LogP contribution in [0.3, 0.4) is 0 Å². The van der Waals surface area contributed by atoms with Gasteiger partial charge in [0.15, 0.2) is 0 Å². The van der Waals surface area contributed by atoms with E-state index in [1.807, 2.05) is 0 Å². The van der Waals surface area contributed by atoms with Crippen molar-refractivity contribution in [3.63, 3.8) is 0 Å². The number of halogens is 2. The predicted octanol–water partition coefficient (Wildman–Crippen LogP) is 8.43. The summed E-state index contributed by atoms with van der Waals surface area (Å²) in [5, 5.41) is 0. The average molecular weight is 879 g/mol. The van der Waals surface area contributed by atoms with E-state index in [1.165, 1.54) is 66.8 Å². The molecule has 2 aliphatic carbocycles. The molecule has 0 N–H and O–H groups in total. The average Bonchev–Trinajstić information content (AvgIpc) is 3.81. The Morgan fingerprint density at radius 1 is 0.534 bits per heavy atom. The molecule has 3 heteroatoms. The molecular weight excluding hydrogens is 823 g/mol. The first kappa shape index (κ1) is 43.7. The van der Waals surface area contributed by atoms with Gasteiger partial charge in [-0.05, 0) is 0 Å². The van der Waals surface area contributed by atoms with E-state index < -0.39 is 21.3 Å². The van der Waals surface area contributed by atoms with E-state index in [4.69, 9.17) is 0 Å². The first-order valence-electron chi connectivity index (χ1n) is 20.5. The zero-order valence-corrected chi connectivity index (χ0v) is 39.4. The Balaban J connectivity index is 0.00000283. The molecule has 0 heterocycles. The summed E-state index contributed by atoms with van der Waals surface area (Å²) in [6, 6.07) is 51.7. The van der Waals surface area contributed by atoms with Crippen molar-refractivity contribution in [3.05, 3.63) is 199 Å². The van der Waals surface area contributed by atoms with Crippen molar-refractivity contribution in [2.75, 3.05) is 0 Å². The predicted molar refractivity (Wildman–Crippen MR) is 239 cm³/mol. The molecule has 0 spiro atoms. The molecule has 6 aromatic carbocycles. The number of aryl methyl sites for hydroxylation is 2. The number of rotatable bonds is 8. The third kappa shape index (κ3) is 8.99. The topological polar surface area (TPSA) is 0 Å². The van der Waals surface area contributed by atoms with E-state index in [0.717, 1.165) is 19.3 Å². The second-order valence-corrected chi connectivity index (χ2v) is 25.1. The third-order valence-corrected chi connectivity index (χ3v) is 20.2. The molecule has 0 atom stereocenters. The molecule has 0 saturated heterocycles.